The van der Waals surface area contributed by atoms with E-state index in [1.165, 1.54) is 7.11 Å². The number of hydrogen-bond acceptors (Lipinski definition) is 4. The highest BCUT2D eigenvalue weighted by Gasteiger charge is 2.31. The second-order valence-corrected chi connectivity index (χ2v) is 4.75. The molecule has 100 valence electrons. The molecule has 1 N–H and O–H groups in total. The third-order valence-corrected chi connectivity index (χ3v) is 3.72. The summed E-state index contributed by atoms with van der Waals surface area (Å²) in [5.41, 5.74) is 1.32. The summed E-state index contributed by atoms with van der Waals surface area (Å²) in [5, 5.41) is 8.85. The minimum Gasteiger partial charge on any atom is -0.493 e. The molecule has 2 heterocycles. The Balaban J connectivity index is 2.12. The molecule has 1 amide bonds. The first-order chi connectivity index (χ1) is 9.24. The van der Waals surface area contributed by atoms with Crippen molar-refractivity contribution >= 4 is 12.0 Å². The van der Waals surface area contributed by atoms with E-state index in [2.05, 4.69) is 4.89 Å². The van der Waals surface area contributed by atoms with E-state index >= 15 is 0 Å². The fraction of sp³-hybridized carbons (Fsp3) is 0.357. The van der Waals surface area contributed by atoms with Crippen molar-refractivity contribution in [2.45, 2.75) is 18.9 Å². The molecule has 1 aromatic rings. The van der Waals surface area contributed by atoms with Crippen molar-refractivity contribution < 1.29 is 19.7 Å². The number of benzene rings is 1. The molecule has 1 atom stereocenters. The number of hydrogen-bond donors (Lipinski definition) is 1. The van der Waals surface area contributed by atoms with Crippen LogP contribution >= 0.6 is 0 Å². The molecular weight excluding hydrogens is 246 g/mol. The molecule has 0 saturated carbocycles. The fourth-order valence-corrected chi connectivity index (χ4v) is 2.74. The monoisotopic (exact) mass is 261 g/mol. The average molecular weight is 261 g/mol. The Kier molecular flexibility index (Phi) is 2.91. The molecule has 3 rings (SSSR count). The average Bonchev–Trinajstić information content (AvgIpc) is 2.87. The molecule has 2 aliphatic heterocycles. The molecule has 1 fully saturated rings. The fourth-order valence-electron chi connectivity index (χ4n) is 2.74. The number of rotatable bonds is 2. The topological polar surface area (TPSA) is 59.0 Å². The second kappa shape index (κ2) is 4.59. The Morgan fingerprint density at radius 2 is 2.21 bits per heavy atom. The molecule has 2 aliphatic rings. The van der Waals surface area contributed by atoms with Crippen LogP contribution in [0.15, 0.2) is 18.2 Å². The minimum absolute atomic E-state index is 0.00490. The largest absolute Gasteiger partial charge is 0.493 e. The van der Waals surface area contributed by atoms with Crippen molar-refractivity contribution in [2.75, 3.05) is 13.7 Å². The van der Waals surface area contributed by atoms with Crippen LogP contribution in [0.3, 0.4) is 0 Å². The van der Waals surface area contributed by atoms with Crippen molar-refractivity contribution in [3.8, 4) is 11.5 Å². The summed E-state index contributed by atoms with van der Waals surface area (Å²) >= 11 is 0. The molecule has 1 saturated heterocycles. The van der Waals surface area contributed by atoms with Crippen LogP contribution < -0.4 is 9.62 Å². The highest BCUT2D eigenvalue weighted by molar-refractivity contribution is 6.00. The molecule has 19 heavy (non-hydrogen) atoms. The van der Waals surface area contributed by atoms with Crippen LogP contribution in [0.25, 0.3) is 6.08 Å². The zero-order valence-electron chi connectivity index (χ0n) is 10.6. The highest BCUT2D eigenvalue weighted by Crippen LogP contribution is 2.35. The Labute approximate surface area is 111 Å². The van der Waals surface area contributed by atoms with E-state index < -0.39 is 0 Å². The van der Waals surface area contributed by atoms with Crippen molar-refractivity contribution in [3.05, 3.63) is 29.3 Å². The zero-order chi connectivity index (χ0) is 13.4. The first-order valence-corrected chi connectivity index (χ1v) is 6.27. The quantitative estimate of drug-likeness (QED) is 0.655. The summed E-state index contributed by atoms with van der Waals surface area (Å²) in [6, 6.07) is 3.41. The van der Waals surface area contributed by atoms with E-state index in [1.54, 1.807) is 12.1 Å². The highest BCUT2D eigenvalue weighted by atomic mass is 17.1. The van der Waals surface area contributed by atoms with Crippen molar-refractivity contribution in [2.24, 2.45) is 0 Å². The van der Waals surface area contributed by atoms with Gasteiger partial charge in [0, 0.05) is 6.54 Å². The standard InChI is InChI=1S/C14H15NO4/c1-18-12-8-11-9(7-13(12)19-17)4-5-10-3-2-6-15(10)14(11)16/h4-5,7-8,10,17H,2-3,6H2,1H3/t10-/m0/s1. The number of carbonyl (C=O) groups excluding carboxylic acids is 1. The molecule has 0 radical (unpaired) electrons. The van der Waals surface area contributed by atoms with E-state index in [0.29, 0.717) is 11.3 Å². The molecule has 0 spiro atoms. The van der Waals surface area contributed by atoms with E-state index in [-0.39, 0.29) is 17.7 Å². The summed E-state index contributed by atoms with van der Waals surface area (Å²) in [5.74, 6) is 0.562. The maximum absolute atomic E-state index is 12.5. The van der Waals surface area contributed by atoms with Crippen LogP contribution in [0.4, 0.5) is 0 Å². The number of fused-ring (bicyclic) bond motifs is 2. The Hall–Kier alpha value is -2.01. The van der Waals surface area contributed by atoms with Gasteiger partial charge in [0.25, 0.3) is 5.91 Å². The maximum Gasteiger partial charge on any atom is 0.255 e. The molecular formula is C14H15NO4. The lowest BCUT2D eigenvalue weighted by Gasteiger charge is -2.21. The van der Waals surface area contributed by atoms with Crippen molar-refractivity contribution in [1.29, 1.82) is 0 Å². The summed E-state index contributed by atoms with van der Waals surface area (Å²) in [7, 11) is 1.47. The van der Waals surface area contributed by atoms with Crippen LogP contribution in [0, 0.1) is 0 Å². The molecule has 1 aromatic carbocycles. The third-order valence-electron chi connectivity index (χ3n) is 3.72. The molecule has 5 heteroatoms. The molecule has 0 aromatic heterocycles. The summed E-state index contributed by atoms with van der Waals surface area (Å²) in [6.45, 7) is 0.786. The van der Waals surface area contributed by atoms with Gasteiger partial charge in [-0.05, 0) is 30.5 Å². The van der Waals surface area contributed by atoms with Gasteiger partial charge in [0.2, 0.25) is 5.75 Å². The summed E-state index contributed by atoms with van der Waals surface area (Å²) < 4.78 is 5.12. The lowest BCUT2D eigenvalue weighted by atomic mass is 10.1. The van der Waals surface area contributed by atoms with Gasteiger partial charge in [-0.3, -0.25) is 4.79 Å². The van der Waals surface area contributed by atoms with Crippen LogP contribution in [-0.2, 0) is 0 Å². The van der Waals surface area contributed by atoms with Gasteiger partial charge >= 0.3 is 0 Å². The molecule has 0 aliphatic carbocycles. The Morgan fingerprint density at radius 1 is 1.37 bits per heavy atom. The van der Waals surface area contributed by atoms with Crippen molar-refractivity contribution in [3.63, 3.8) is 0 Å². The first-order valence-electron chi connectivity index (χ1n) is 6.27. The van der Waals surface area contributed by atoms with Gasteiger partial charge in [-0.2, -0.15) is 0 Å². The summed E-state index contributed by atoms with van der Waals surface area (Å²) in [6.07, 6.45) is 5.97. The number of nitrogens with zero attached hydrogens (tertiary/aromatic N) is 1. The lowest BCUT2D eigenvalue weighted by molar-refractivity contribution is -0.139. The van der Waals surface area contributed by atoms with Crippen LogP contribution in [-0.4, -0.2) is 35.8 Å². The minimum atomic E-state index is 0.00490. The number of ether oxygens (including phenoxy) is 1. The van der Waals surface area contributed by atoms with Gasteiger partial charge in [-0.25, -0.2) is 5.26 Å². The van der Waals surface area contributed by atoms with Crippen LogP contribution in [0.5, 0.6) is 11.5 Å². The van der Waals surface area contributed by atoms with Gasteiger partial charge in [0.05, 0.1) is 18.7 Å². The van der Waals surface area contributed by atoms with E-state index in [9.17, 15) is 4.79 Å². The zero-order valence-corrected chi connectivity index (χ0v) is 10.6. The van der Waals surface area contributed by atoms with Gasteiger partial charge in [0.15, 0.2) is 5.75 Å². The molecule has 5 nitrogen and oxygen atoms in total. The number of methoxy groups -OCH3 is 1. The van der Waals surface area contributed by atoms with Gasteiger partial charge in [-0.15, -0.1) is 0 Å². The van der Waals surface area contributed by atoms with Gasteiger partial charge in [0.1, 0.15) is 0 Å². The van der Waals surface area contributed by atoms with E-state index in [0.717, 1.165) is 24.9 Å². The van der Waals surface area contributed by atoms with Crippen LogP contribution in [0.1, 0.15) is 28.8 Å². The normalized spacial score (nSPS) is 20.8. The van der Waals surface area contributed by atoms with E-state index in [1.807, 2.05) is 17.1 Å². The Bertz CT molecular complexity index is 553. The lowest BCUT2D eigenvalue weighted by Crippen LogP contribution is -2.33. The number of amides is 1. The maximum atomic E-state index is 12.5. The van der Waals surface area contributed by atoms with Crippen LogP contribution in [0.2, 0.25) is 0 Å². The Morgan fingerprint density at radius 3 is 2.95 bits per heavy atom. The smallest absolute Gasteiger partial charge is 0.255 e. The molecule has 0 bridgehead atoms. The SMILES string of the molecule is COc1cc2c(cc1OO)C=C[C@@H]1CCCN1C2=O. The third kappa shape index (κ3) is 1.86. The van der Waals surface area contributed by atoms with Crippen molar-refractivity contribution in [1.82, 2.24) is 4.90 Å². The summed E-state index contributed by atoms with van der Waals surface area (Å²) in [4.78, 5) is 18.7. The van der Waals surface area contributed by atoms with Gasteiger partial charge < -0.3 is 14.5 Å². The van der Waals surface area contributed by atoms with E-state index in [4.69, 9.17) is 9.99 Å². The predicted molar refractivity (Wildman–Crippen MR) is 69.3 cm³/mol. The first kappa shape index (κ1) is 12.0. The predicted octanol–water partition coefficient (Wildman–Crippen LogP) is 2.18. The molecule has 0 unspecified atom stereocenters. The second-order valence-electron chi connectivity index (χ2n) is 4.75. The van der Waals surface area contributed by atoms with Gasteiger partial charge in [-0.1, -0.05) is 12.2 Å². The number of carbonyl (C=O) groups is 1.